The van der Waals surface area contributed by atoms with Gasteiger partial charge in [-0.1, -0.05) is 23.4 Å². The number of anilines is 2. The normalized spacial score (nSPS) is 16.5. The van der Waals surface area contributed by atoms with Gasteiger partial charge in [-0.05, 0) is 26.0 Å². The highest BCUT2D eigenvalue weighted by atomic mass is 16.5. The lowest BCUT2D eigenvalue weighted by Gasteiger charge is -2.39. The second-order valence-electron chi connectivity index (χ2n) is 6.37. The number of nitrogens with zero attached hydrogens (tertiary/aromatic N) is 3. The molecule has 25 heavy (non-hydrogen) atoms. The molecule has 0 saturated carbocycles. The molecule has 1 aromatic carbocycles. The number of amides is 2. The lowest BCUT2D eigenvalue weighted by atomic mass is 10.2. The first-order valence-corrected chi connectivity index (χ1v) is 8.64. The lowest BCUT2D eigenvalue weighted by Crippen LogP contribution is -2.52. The fourth-order valence-electron chi connectivity index (χ4n) is 3.02. The Kier molecular flexibility index (Phi) is 5.55. The molecule has 0 bridgehead atoms. The van der Waals surface area contributed by atoms with Crippen LogP contribution in [0.2, 0.25) is 0 Å². The summed E-state index contributed by atoms with van der Waals surface area (Å²) in [5.41, 5.74) is 1.27. The second-order valence-corrected chi connectivity index (χ2v) is 6.37. The summed E-state index contributed by atoms with van der Waals surface area (Å²) in [6.45, 7) is 8.49. The van der Waals surface area contributed by atoms with Gasteiger partial charge in [0.1, 0.15) is 5.76 Å². The first-order chi connectivity index (χ1) is 12.1. The van der Waals surface area contributed by atoms with Crippen LogP contribution in [0.5, 0.6) is 0 Å². The average Bonchev–Trinajstić information content (AvgIpc) is 3.05. The van der Waals surface area contributed by atoms with E-state index in [0.29, 0.717) is 18.1 Å². The Bertz CT molecular complexity index is 680. The SMILES string of the molecule is Cc1cc(NC(=O)NC[C@@H](C)N2CCN(c3ccccc3)CC2)no1. The van der Waals surface area contributed by atoms with Gasteiger partial charge in [-0.3, -0.25) is 10.2 Å². The monoisotopic (exact) mass is 343 g/mol. The van der Waals surface area contributed by atoms with E-state index < -0.39 is 0 Å². The molecule has 0 unspecified atom stereocenters. The van der Waals surface area contributed by atoms with Crippen LogP contribution in [0.25, 0.3) is 0 Å². The number of nitrogens with one attached hydrogen (secondary N) is 2. The largest absolute Gasteiger partial charge is 0.369 e. The molecule has 0 radical (unpaired) electrons. The number of rotatable bonds is 5. The quantitative estimate of drug-likeness (QED) is 0.871. The molecule has 0 spiro atoms. The summed E-state index contributed by atoms with van der Waals surface area (Å²) in [6, 6.07) is 12.2. The van der Waals surface area contributed by atoms with E-state index in [1.54, 1.807) is 13.0 Å². The van der Waals surface area contributed by atoms with Gasteiger partial charge in [0.2, 0.25) is 0 Å². The third-order valence-corrected chi connectivity index (χ3v) is 4.49. The number of piperazine rings is 1. The van der Waals surface area contributed by atoms with Gasteiger partial charge in [0.25, 0.3) is 0 Å². The van der Waals surface area contributed by atoms with Crippen LogP contribution in [0.1, 0.15) is 12.7 Å². The van der Waals surface area contributed by atoms with Crippen molar-refractivity contribution in [3.05, 3.63) is 42.2 Å². The van der Waals surface area contributed by atoms with Crippen LogP contribution < -0.4 is 15.5 Å². The Balaban J connectivity index is 1.40. The smallest absolute Gasteiger partial charge is 0.320 e. The predicted molar refractivity (Wildman–Crippen MR) is 98.0 cm³/mol. The van der Waals surface area contributed by atoms with E-state index in [9.17, 15) is 4.79 Å². The van der Waals surface area contributed by atoms with Crippen molar-refractivity contribution in [2.75, 3.05) is 42.9 Å². The summed E-state index contributed by atoms with van der Waals surface area (Å²) in [4.78, 5) is 16.7. The first kappa shape index (κ1) is 17.3. The van der Waals surface area contributed by atoms with Crippen LogP contribution in [-0.2, 0) is 0 Å². The molecule has 7 nitrogen and oxygen atoms in total. The minimum Gasteiger partial charge on any atom is -0.369 e. The van der Waals surface area contributed by atoms with E-state index in [4.69, 9.17) is 4.52 Å². The van der Waals surface area contributed by atoms with Crippen molar-refractivity contribution in [1.82, 2.24) is 15.4 Å². The zero-order valence-electron chi connectivity index (χ0n) is 14.7. The van der Waals surface area contributed by atoms with Crippen molar-refractivity contribution < 1.29 is 9.32 Å². The Morgan fingerprint density at radius 1 is 1.24 bits per heavy atom. The zero-order valence-corrected chi connectivity index (χ0v) is 14.7. The summed E-state index contributed by atoms with van der Waals surface area (Å²) in [5, 5.41) is 9.31. The fourth-order valence-corrected chi connectivity index (χ4v) is 3.02. The molecule has 1 aliphatic heterocycles. The number of benzene rings is 1. The van der Waals surface area contributed by atoms with Crippen molar-refractivity contribution in [3.8, 4) is 0 Å². The number of hydrogen-bond donors (Lipinski definition) is 2. The van der Waals surface area contributed by atoms with Crippen molar-refractivity contribution in [2.24, 2.45) is 0 Å². The van der Waals surface area contributed by atoms with E-state index in [0.717, 1.165) is 26.2 Å². The van der Waals surface area contributed by atoms with E-state index in [1.165, 1.54) is 5.69 Å². The average molecular weight is 343 g/mol. The Labute approximate surface area is 148 Å². The van der Waals surface area contributed by atoms with Crippen molar-refractivity contribution in [2.45, 2.75) is 19.9 Å². The fraction of sp³-hybridized carbons (Fsp3) is 0.444. The van der Waals surface area contributed by atoms with E-state index in [2.05, 4.69) is 56.8 Å². The molecule has 2 aromatic rings. The number of aromatic nitrogens is 1. The van der Waals surface area contributed by atoms with Crippen LogP contribution in [-0.4, -0.2) is 54.9 Å². The molecule has 134 valence electrons. The van der Waals surface area contributed by atoms with Gasteiger partial charge < -0.3 is 14.7 Å². The van der Waals surface area contributed by atoms with Gasteiger partial charge in [0.05, 0.1) is 0 Å². The number of carbonyl (C=O) groups excluding carboxylic acids is 1. The molecule has 2 amide bonds. The van der Waals surface area contributed by atoms with Gasteiger partial charge in [0, 0.05) is 50.5 Å². The Morgan fingerprint density at radius 3 is 2.60 bits per heavy atom. The third-order valence-electron chi connectivity index (χ3n) is 4.49. The number of urea groups is 1. The molecule has 2 heterocycles. The molecule has 7 heteroatoms. The molecular formula is C18H25N5O2. The number of carbonyl (C=O) groups is 1. The van der Waals surface area contributed by atoms with Crippen LogP contribution >= 0.6 is 0 Å². The van der Waals surface area contributed by atoms with E-state index >= 15 is 0 Å². The van der Waals surface area contributed by atoms with Gasteiger partial charge in [-0.2, -0.15) is 0 Å². The van der Waals surface area contributed by atoms with E-state index in [-0.39, 0.29) is 12.1 Å². The van der Waals surface area contributed by atoms with Crippen LogP contribution in [0.3, 0.4) is 0 Å². The number of aryl methyl sites for hydroxylation is 1. The molecule has 1 atom stereocenters. The maximum atomic E-state index is 11.9. The molecule has 1 aliphatic rings. The summed E-state index contributed by atoms with van der Waals surface area (Å²) in [7, 11) is 0. The van der Waals surface area contributed by atoms with Crippen LogP contribution in [0, 0.1) is 6.92 Å². The molecule has 2 N–H and O–H groups in total. The zero-order chi connectivity index (χ0) is 17.6. The number of hydrogen-bond acceptors (Lipinski definition) is 5. The van der Waals surface area contributed by atoms with Crippen molar-refractivity contribution >= 4 is 17.5 Å². The van der Waals surface area contributed by atoms with Crippen molar-refractivity contribution in [3.63, 3.8) is 0 Å². The molecule has 1 saturated heterocycles. The van der Waals surface area contributed by atoms with Gasteiger partial charge in [-0.15, -0.1) is 0 Å². The van der Waals surface area contributed by atoms with Gasteiger partial charge in [-0.25, -0.2) is 4.79 Å². The van der Waals surface area contributed by atoms with Gasteiger partial charge in [0.15, 0.2) is 5.82 Å². The summed E-state index contributed by atoms with van der Waals surface area (Å²) < 4.78 is 4.93. The van der Waals surface area contributed by atoms with E-state index in [1.807, 2.05) is 6.07 Å². The lowest BCUT2D eigenvalue weighted by molar-refractivity contribution is 0.192. The van der Waals surface area contributed by atoms with Crippen molar-refractivity contribution in [1.29, 1.82) is 0 Å². The molecule has 0 aliphatic carbocycles. The number of para-hydroxylation sites is 1. The first-order valence-electron chi connectivity index (χ1n) is 8.64. The highest BCUT2D eigenvalue weighted by Gasteiger charge is 2.21. The predicted octanol–water partition coefficient (Wildman–Crippen LogP) is 2.32. The molecule has 1 fully saturated rings. The van der Waals surface area contributed by atoms with Crippen LogP contribution in [0.15, 0.2) is 40.9 Å². The maximum Gasteiger partial charge on any atom is 0.320 e. The second kappa shape index (κ2) is 8.02. The minimum atomic E-state index is -0.261. The van der Waals surface area contributed by atoms with Crippen LogP contribution in [0.4, 0.5) is 16.3 Å². The Hall–Kier alpha value is -2.54. The molecule has 1 aromatic heterocycles. The highest BCUT2D eigenvalue weighted by Crippen LogP contribution is 2.16. The summed E-state index contributed by atoms with van der Waals surface area (Å²) >= 11 is 0. The van der Waals surface area contributed by atoms with Gasteiger partial charge >= 0.3 is 6.03 Å². The standard InChI is InChI=1S/C18H25N5O2/c1-14(13-19-18(24)20-17-12-15(2)25-21-17)22-8-10-23(11-9-22)16-6-4-3-5-7-16/h3-7,12,14H,8-11,13H2,1-2H3,(H2,19,20,21,24)/t14-/m1/s1. The summed E-state index contributed by atoms with van der Waals surface area (Å²) in [5.74, 6) is 1.10. The molecular weight excluding hydrogens is 318 g/mol. The highest BCUT2D eigenvalue weighted by molar-refractivity contribution is 5.88. The topological polar surface area (TPSA) is 73.6 Å². The summed E-state index contributed by atoms with van der Waals surface area (Å²) in [6.07, 6.45) is 0. The maximum absolute atomic E-state index is 11.9. The molecule has 3 rings (SSSR count). The minimum absolute atomic E-state index is 0.261. The Morgan fingerprint density at radius 2 is 1.96 bits per heavy atom. The third kappa shape index (κ3) is 4.73.